The van der Waals surface area contributed by atoms with Crippen molar-refractivity contribution in [3.8, 4) is 0 Å². The first-order chi connectivity index (χ1) is 13.2. The summed E-state index contributed by atoms with van der Waals surface area (Å²) in [6, 6.07) is 14.8. The van der Waals surface area contributed by atoms with E-state index in [0.29, 0.717) is 25.5 Å². The minimum Gasteiger partial charge on any atom is -0.356 e. The van der Waals surface area contributed by atoms with Crippen LogP contribution in [0.2, 0.25) is 0 Å². The third-order valence-corrected chi connectivity index (χ3v) is 4.71. The number of amides is 1. The van der Waals surface area contributed by atoms with E-state index in [4.69, 9.17) is 0 Å². The maximum absolute atomic E-state index is 13.2. The Bertz CT molecular complexity index is 821. The first kappa shape index (κ1) is 18.9. The van der Waals surface area contributed by atoms with E-state index in [9.17, 15) is 9.18 Å². The summed E-state index contributed by atoms with van der Waals surface area (Å²) in [6.45, 7) is 2.20. The quantitative estimate of drug-likeness (QED) is 0.628. The fourth-order valence-corrected chi connectivity index (χ4v) is 3.22. The van der Waals surface area contributed by atoms with E-state index in [0.717, 1.165) is 18.5 Å². The number of fused-ring (bicyclic) bond motifs is 1. The van der Waals surface area contributed by atoms with Gasteiger partial charge in [-0.2, -0.15) is 0 Å². The number of nitrogens with zero attached hydrogens (tertiary/aromatic N) is 2. The number of nitrogens with one attached hydrogen (secondary N) is 2. The third-order valence-electron chi connectivity index (χ3n) is 4.71. The van der Waals surface area contributed by atoms with Gasteiger partial charge < -0.3 is 15.5 Å². The predicted molar refractivity (Wildman–Crippen MR) is 105 cm³/mol. The molecule has 6 heteroatoms. The van der Waals surface area contributed by atoms with Crippen LogP contribution in [0, 0.1) is 5.82 Å². The van der Waals surface area contributed by atoms with Crippen LogP contribution in [0.4, 0.5) is 4.39 Å². The average Bonchev–Trinajstić information content (AvgIpc) is 2.70. The molecule has 0 saturated carbocycles. The lowest BCUT2D eigenvalue weighted by Gasteiger charge is -2.29. The molecular formula is C21H25FN4O. The molecule has 0 aromatic heterocycles. The van der Waals surface area contributed by atoms with Gasteiger partial charge in [-0.05, 0) is 41.7 Å². The number of rotatable bonds is 5. The number of carbonyl (C=O) groups is 1. The molecule has 27 heavy (non-hydrogen) atoms. The highest BCUT2D eigenvalue weighted by molar-refractivity contribution is 5.86. The van der Waals surface area contributed by atoms with Crippen LogP contribution >= 0.6 is 0 Å². The Kier molecular flexibility index (Phi) is 6.41. The Balaban J connectivity index is 1.43. The van der Waals surface area contributed by atoms with Gasteiger partial charge in [0.25, 0.3) is 0 Å². The Morgan fingerprint density at radius 1 is 1.15 bits per heavy atom. The number of halogens is 1. The monoisotopic (exact) mass is 368 g/mol. The van der Waals surface area contributed by atoms with E-state index in [1.165, 1.54) is 23.3 Å². The molecule has 1 aliphatic rings. The maximum Gasteiger partial charge on any atom is 0.242 e. The van der Waals surface area contributed by atoms with Crippen molar-refractivity contribution in [1.82, 2.24) is 15.5 Å². The van der Waals surface area contributed by atoms with Crippen molar-refractivity contribution < 1.29 is 9.18 Å². The molecule has 0 fully saturated rings. The van der Waals surface area contributed by atoms with Crippen molar-refractivity contribution in [2.75, 3.05) is 26.7 Å². The molecule has 5 nitrogen and oxygen atoms in total. The summed E-state index contributed by atoms with van der Waals surface area (Å²) in [4.78, 5) is 18.5. The summed E-state index contributed by atoms with van der Waals surface area (Å²) in [7, 11) is 1.67. The van der Waals surface area contributed by atoms with Gasteiger partial charge in [0, 0.05) is 26.7 Å². The Morgan fingerprint density at radius 3 is 2.74 bits per heavy atom. The van der Waals surface area contributed by atoms with Gasteiger partial charge in [0.2, 0.25) is 5.91 Å². The lowest BCUT2D eigenvalue weighted by molar-refractivity contribution is -0.130. The first-order valence-electron chi connectivity index (χ1n) is 9.19. The highest BCUT2D eigenvalue weighted by Crippen LogP contribution is 2.18. The number of aliphatic imine (C=N–C) groups is 1. The molecule has 0 aliphatic carbocycles. The SMILES string of the molecule is CN=C(NCCc1cccc(F)c1)NCC(=O)N1CCc2ccccc2C1. The van der Waals surface area contributed by atoms with Crippen LogP contribution in [0.5, 0.6) is 0 Å². The second kappa shape index (κ2) is 9.16. The summed E-state index contributed by atoms with van der Waals surface area (Å²) in [5.41, 5.74) is 3.46. The van der Waals surface area contributed by atoms with E-state index < -0.39 is 0 Å². The maximum atomic E-state index is 13.2. The average molecular weight is 368 g/mol. The van der Waals surface area contributed by atoms with Gasteiger partial charge in [0.15, 0.2) is 5.96 Å². The third kappa shape index (κ3) is 5.29. The summed E-state index contributed by atoms with van der Waals surface area (Å²) >= 11 is 0. The zero-order valence-corrected chi connectivity index (χ0v) is 15.5. The van der Waals surface area contributed by atoms with Gasteiger partial charge >= 0.3 is 0 Å². The minimum absolute atomic E-state index is 0.0533. The summed E-state index contributed by atoms with van der Waals surface area (Å²) in [6.07, 6.45) is 1.57. The first-order valence-corrected chi connectivity index (χ1v) is 9.19. The zero-order chi connectivity index (χ0) is 19.1. The highest BCUT2D eigenvalue weighted by atomic mass is 19.1. The van der Waals surface area contributed by atoms with Crippen LogP contribution in [0.25, 0.3) is 0 Å². The molecule has 2 N–H and O–H groups in total. The fourth-order valence-electron chi connectivity index (χ4n) is 3.22. The molecule has 0 radical (unpaired) electrons. The molecule has 3 rings (SSSR count). The number of guanidine groups is 1. The molecule has 1 amide bonds. The topological polar surface area (TPSA) is 56.7 Å². The standard InChI is InChI=1S/C21H25FN4O/c1-23-21(24-11-9-16-5-4-8-19(22)13-16)25-14-20(27)26-12-10-17-6-2-3-7-18(17)15-26/h2-8,13H,9-12,14-15H2,1H3,(H2,23,24,25). The number of hydrogen-bond acceptors (Lipinski definition) is 2. The van der Waals surface area contributed by atoms with Crippen molar-refractivity contribution in [3.63, 3.8) is 0 Å². The number of benzene rings is 2. The second-order valence-electron chi connectivity index (χ2n) is 6.57. The molecule has 0 bridgehead atoms. The van der Waals surface area contributed by atoms with E-state index in [1.54, 1.807) is 13.1 Å². The van der Waals surface area contributed by atoms with Crippen molar-refractivity contribution in [2.24, 2.45) is 4.99 Å². The van der Waals surface area contributed by atoms with Crippen LogP contribution < -0.4 is 10.6 Å². The van der Waals surface area contributed by atoms with Crippen molar-refractivity contribution in [2.45, 2.75) is 19.4 Å². The van der Waals surface area contributed by atoms with Gasteiger partial charge in [-0.25, -0.2) is 4.39 Å². The summed E-state index contributed by atoms with van der Waals surface area (Å²) < 4.78 is 13.2. The Hall–Kier alpha value is -2.89. The Labute approximate surface area is 159 Å². The summed E-state index contributed by atoms with van der Waals surface area (Å²) in [5, 5.41) is 6.22. The number of carbonyl (C=O) groups excluding carboxylic acids is 1. The molecule has 1 heterocycles. The van der Waals surface area contributed by atoms with Gasteiger partial charge in [0.05, 0.1) is 6.54 Å². The molecule has 2 aromatic carbocycles. The van der Waals surface area contributed by atoms with Crippen LogP contribution in [-0.4, -0.2) is 43.4 Å². The smallest absolute Gasteiger partial charge is 0.242 e. The van der Waals surface area contributed by atoms with Crippen molar-refractivity contribution in [1.29, 1.82) is 0 Å². The van der Waals surface area contributed by atoms with Gasteiger partial charge in [0.1, 0.15) is 5.82 Å². The largest absolute Gasteiger partial charge is 0.356 e. The number of hydrogen-bond donors (Lipinski definition) is 2. The lowest BCUT2D eigenvalue weighted by Crippen LogP contribution is -2.46. The van der Waals surface area contributed by atoms with Crippen molar-refractivity contribution in [3.05, 3.63) is 71.0 Å². The second-order valence-corrected chi connectivity index (χ2v) is 6.57. The van der Waals surface area contributed by atoms with Gasteiger partial charge in [-0.3, -0.25) is 9.79 Å². The molecular weight excluding hydrogens is 343 g/mol. The minimum atomic E-state index is -0.233. The van der Waals surface area contributed by atoms with Crippen LogP contribution in [0.3, 0.4) is 0 Å². The van der Waals surface area contributed by atoms with Crippen LogP contribution in [0.15, 0.2) is 53.5 Å². The van der Waals surface area contributed by atoms with E-state index in [1.807, 2.05) is 23.1 Å². The van der Waals surface area contributed by atoms with Crippen LogP contribution in [-0.2, 0) is 24.2 Å². The van der Waals surface area contributed by atoms with Gasteiger partial charge in [-0.15, -0.1) is 0 Å². The molecule has 2 aromatic rings. The molecule has 0 unspecified atom stereocenters. The molecule has 0 saturated heterocycles. The van der Waals surface area contributed by atoms with Crippen molar-refractivity contribution >= 4 is 11.9 Å². The van der Waals surface area contributed by atoms with Gasteiger partial charge in [-0.1, -0.05) is 36.4 Å². The normalized spacial score (nSPS) is 13.9. The molecule has 0 spiro atoms. The van der Waals surface area contributed by atoms with Crippen LogP contribution in [0.1, 0.15) is 16.7 Å². The fraction of sp³-hybridized carbons (Fsp3) is 0.333. The lowest BCUT2D eigenvalue weighted by atomic mass is 10.00. The van der Waals surface area contributed by atoms with E-state index >= 15 is 0 Å². The molecule has 142 valence electrons. The molecule has 1 aliphatic heterocycles. The van der Waals surface area contributed by atoms with E-state index in [-0.39, 0.29) is 18.3 Å². The van der Waals surface area contributed by atoms with E-state index in [2.05, 4.69) is 27.8 Å². The predicted octanol–water partition coefficient (Wildman–Crippen LogP) is 2.12. The molecule has 0 atom stereocenters. The summed E-state index contributed by atoms with van der Waals surface area (Å²) in [5.74, 6) is 0.387. The Morgan fingerprint density at radius 2 is 1.96 bits per heavy atom. The highest BCUT2D eigenvalue weighted by Gasteiger charge is 2.20. The zero-order valence-electron chi connectivity index (χ0n) is 15.5.